The molecule has 2 aromatic carbocycles. The molecule has 0 spiro atoms. The van der Waals surface area contributed by atoms with Crippen molar-refractivity contribution in [1.82, 2.24) is 14.8 Å². The van der Waals surface area contributed by atoms with Gasteiger partial charge in [-0.05, 0) is 24.3 Å². The van der Waals surface area contributed by atoms with Gasteiger partial charge in [0.15, 0.2) is 0 Å². The number of hydrazone groups is 1. The van der Waals surface area contributed by atoms with Gasteiger partial charge in [-0.2, -0.15) is 10.2 Å². The Hall–Kier alpha value is -3.15. The van der Waals surface area contributed by atoms with Gasteiger partial charge >= 0.3 is 0 Å². The Bertz CT molecular complexity index is 814. The molecule has 0 radical (unpaired) electrons. The number of nitrogens with zero attached hydrogens (tertiary/aromatic N) is 4. The van der Waals surface area contributed by atoms with Crippen LogP contribution in [0.5, 0.6) is 5.75 Å². The summed E-state index contributed by atoms with van der Waals surface area (Å²) >= 11 is 0. The maximum atomic E-state index is 5.84. The summed E-state index contributed by atoms with van der Waals surface area (Å²) in [6, 6.07) is 17.6. The molecular weight excluding hydrogens is 290 g/mol. The zero-order valence-corrected chi connectivity index (χ0v) is 12.3. The second-order valence-electron chi connectivity index (χ2n) is 5.17. The summed E-state index contributed by atoms with van der Waals surface area (Å²) < 4.78 is 7.61. The van der Waals surface area contributed by atoms with E-state index in [0.29, 0.717) is 6.61 Å². The summed E-state index contributed by atoms with van der Waals surface area (Å²) in [7, 11) is 0. The highest BCUT2D eigenvalue weighted by Crippen LogP contribution is 2.29. The molecule has 0 saturated carbocycles. The molecule has 6 heteroatoms. The number of fused-ring (bicyclic) bond motifs is 1. The molecule has 1 aliphatic heterocycles. The summed E-state index contributed by atoms with van der Waals surface area (Å²) in [5.41, 5.74) is 5.89. The minimum absolute atomic E-state index is 0.122. The van der Waals surface area contributed by atoms with Gasteiger partial charge in [-0.25, -0.2) is 9.67 Å². The second-order valence-corrected chi connectivity index (χ2v) is 5.17. The SMILES string of the molecule is c1ccc(N/N=C2/c3ccccc3OCC2n2cncn2)cc1. The molecule has 0 saturated heterocycles. The van der Waals surface area contributed by atoms with E-state index in [1.54, 1.807) is 11.0 Å². The molecule has 3 aromatic rings. The zero-order valence-electron chi connectivity index (χ0n) is 12.3. The molecule has 0 aliphatic carbocycles. The minimum atomic E-state index is -0.122. The zero-order chi connectivity index (χ0) is 15.5. The summed E-state index contributed by atoms with van der Waals surface area (Å²) in [5, 5.41) is 8.87. The van der Waals surface area contributed by atoms with E-state index >= 15 is 0 Å². The number of nitrogens with one attached hydrogen (secondary N) is 1. The molecule has 0 amide bonds. The van der Waals surface area contributed by atoms with Crippen LogP contribution >= 0.6 is 0 Å². The van der Waals surface area contributed by atoms with Crippen LogP contribution in [0, 0.1) is 0 Å². The lowest BCUT2D eigenvalue weighted by molar-refractivity contribution is 0.265. The highest BCUT2D eigenvalue weighted by Gasteiger charge is 2.29. The Morgan fingerprint density at radius 3 is 2.74 bits per heavy atom. The van der Waals surface area contributed by atoms with Gasteiger partial charge in [-0.15, -0.1) is 0 Å². The van der Waals surface area contributed by atoms with Crippen molar-refractivity contribution in [2.24, 2.45) is 5.10 Å². The predicted octanol–water partition coefficient (Wildman–Crippen LogP) is 2.73. The largest absolute Gasteiger partial charge is 0.490 e. The van der Waals surface area contributed by atoms with Crippen LogP contribution in [0.4, 0.5) is 5.69 Å². The standard InChI is InChI=1S/C17H15N5O/c1-2-6-13(7-3-1)20-21-17-14-8-4-5-9-16(14)23-10-15(17)22-12-18-11-19-22/h1-9,11-12,15,20H,10H2/b21-17-. The molecule has 1 aliphatic rings. The van der Waals surface area contributed by atoms with Gasteiger partial charge in [0.1, 0.15) is 31.1 Å². The first-order chi connectivity index (χ1) is 11.4. The number of rotatable bonds is 3. The van der Waals surface area contributed by atoms with Crippen molar-refractivity contribution in [2.45, 2.75) is 6.04 Å². The van der Waals surface area contributed by atoms with Crippen molar-refractivity contribution < 1.29 is 4.74 Å². The van der Waals surface area contributed by atoms with Crippen molar-refractivity contribution in [2.75, 3.05) is 12.0 Å². The minimum Gasteiger partial charge on any atom is -0.490 e. The lowest BCUT2D eigenvalue weighted by atomic mass is 10.0. The molecule has 2 heterocycles. The van der Waals surface area contributed by atoms with E-state index in [-0.39, 0.29) is 6.04 Å². The van der Waals surface area contributed by atoms with E-state index in [2.05, 4.69) is 20.6 Å². The number of anilines is 1. The lowest BCUT2D eigenvalue weighted by Crippen LogP contribution is -2.32. The van der Waals surface area contributed by atoms with E-state index in [1.165, 1.54) is 6.33 Å². The average Bonchev–Trinajstić information content (AvgIpc) is 3.15. The number of aromatic nitrogens is 3. The lowest BCUT2D eigenvalue weighted by Gasteiger charge is -2.26. The van der Waals surface area contributed by atoms with Crippen molar-refractivity contribution in [3.8, 4) is 5.75 Å². The summed E-state index contributed by atoms with van der Waals surface area (Å²) in [6.45, 7) is 0.468. The third-order valence-electron chi connectivity index (χ3n) is 3.71. The first-order valence-corrected chi connectivity index (χ1v) is 7.37. The smallest absolute Gasteiger partial charge is 0.137 e. The Kier molecular flexibility index (Phi) is 3.48. The maximum Gasteiger partial charge on any atom is 0.137 e. The normalized spacial score (nSPS) is 18.3. The molecule has 1 atom stereocenters. The van der Waals surface area contributed by atoms with Crippen LogP contribution in [-0.4, -0.2) is 27.1 Å². The van der Waals surface area contributed by atoms with Crippen molar-refractivity contribution >= 4 is 11.4 Å². The number of benzene rings is 2. The van der Waals surface area contributed by atoms with E-state index in [1.807, 2.05) is 54.6 Å². The van der Waals surface area contributed by atoms with Gasteiger partial charge in [0, 0.05) is 5.56 Å². The number of ether oxygens (including phenoxy) is 1. The Morgan fingerprint density at radius 1 is 1.09 bits per heavy atom. The fourth-order valence-corrected chi connectivity index (χ4v) is 2.58. The second kappa shape index (κ2) is 5.92. The number of para-hydroxylation sites is 2. The van der Waals surface area contributed by atoms with E-state index < -0.39 is 0 Å². The topological polar surface area (TPSA) is 64.3 Å². The van der Waals surface area contributed by atoms with Gasteiger partial charge in [0.25, 0.3) is 0 Å². The quantitative estimate of drug-likeness (QED) is 0.756. The van der Waals surface area contributed by atoms with E-state index in [9.17, 15) is 0 Å². The molecule has 4 rings (SSSR count). The monoisotopic (exact) mass is 305 g/mol. The molecule has 0 bridgehead atoms. The van der Waals surface area contributed by atoms with Gasteiger partial charge in [-0.1, -0.05) is 30.3 Å². The van der Waals surface area contributed by atoms with Crippen LogP contribution in [0.3, 0.4) is 0 Å². The molecule has 0 fully saturated rings. The van der Waals surface area contributed by atoms with Gasteiger partial charge in [-0.3, -0.25) is 5.43 Å². The van der Waals surface area contributed by atoms with Crippen molar-refractivity contribution in [3.05, 3.63) is 72.8 Å². The van der Waals surface area contributed by atoms with Crippen LogP contribution in [-0.2, 0) is 0 Å². The molecule has 114 valence electrons. The van der Waals surface area contributed by atoms with Crippen molar-refractivity contribution in [1.29, 1.82) is 0 Å². The Labute approximate surface area is 133 Å². The van der Waals surface area contributed by atoms with Gasteiger partial charge in [0.2, 0.25) is 0 Å². The number of hydrogen-bond acceptors (Lipinski definition) is 5. The summed E-state index contributed by atoms with van der Waals surface area (Å²) in [6.07, 6.45) is 3.20. The summed E-state index contributed by atoms with van der Waals surface area (Å²) in [4.78, 5) is 4.03. The maximum absolute atomic E-state index is 5.84. The number of hydrogen-bond donors (Lipinski definition) is 1. The molecule has 1 aromatic heterocycles. The Morgan fingerprint density at radius 2 is 1.91 bits per heavy atom. The molecular formula is C17H15N5O. The van der Waals surface area contributed by atoms with Crippen LogP contribution in [0.15, 0.2) is 72.4 Å². The van der Waals surface area contributed by atoms with Gasteiger partial charge in [0.05, 0.1) is 11.4 Å². The molecule has 23 heavy (non-hydrogen) atoms. The molecule has 1 unspecified atom stereocenters. The van der Waals surface area contributed by atoms with E-state index in [4.69, 9.17) is 4.74 Å². The first kappa shape index (κ1) is 13.5. The molecule has 1 N–H and O–H groups in total. The fourth-order valence-electron chi connectivity index (χ4n) is 2.58. The predicted molar refractivity (Wildman–Crippen MR) is 87.6 cm³/mol. The van der Waals surface area contributed by atoms with Crippen LogP contribution in [0.2, 0.25) is 0 Å². The molecule has 6 nitrogen and oxygen atoms in total. The third-order valence-corrected chi connectivity index (χ3v) is 3.71. The van der Waals surface area contributed by atoms with Gasteiger partial charge < -0.3 is 4.74 Å². The average molecular weight is 305 g/mol. The Balaban J connectivity index is 1.74. The van der Waals surface area contributed by atoms with E-state index in [0.717, 1.165) is 22.7 Å². The van der Waals surface area contributed by atoms with Crippen molar-refractivity contribution in [3.63, 3.8) is 0 Å². The summed E-state index contributed by atoms with van der Waals surface area (Å²) in [5.74, 6) is 0.831. The van der Waals surface area contributed by atoms with Crippen LogP contribution in [0.1, 0.15) is 11.6 Å². The highest BCUT2D eigenvalue weighted by atomic mass is 16.5. The first-order valence-electron chi connectivity index (χ1n) is 7.37. The fraction of sp³-hybridized carbons (Fsp3) is 0.118. The van der Waals surface area contributed by atoms with Crippen LogP contribution < -0.4 is 10.2 Å². The van der Waals surface area contributed by atoms with Crippen LogP contribution in [0.25, 0.3) is 0 Å². The highest BCUT2D eigenvalue weighted by molar-refractivity contribution is 6.06. The third kappa shape index (κ3) is 2.66.